The van der Waals surface area contributed by atoms with Crippen molar-refractivity contribution in [3.63, 3.8) is 0 Å². The van der Waals surface area contributed by atoms with E-state index < -0.39 is 0 Å². The largest absolute Gasteiger partial charge is 0.462 e. The van der Waals surface area contributed by atoms with Crippen molar-refractivity contribution in [1.82, 2.24) is 4.90 Å². The number of carbonyl (C=O) groups excluding carboxylic acids is 1. The maximum atomic E-state index is 11.9. The molecule has 0 radical (unpaired) electrons. The van der Waals surface area contributed by atoms with Crippen molar-refractivity contribution >= 4 is 34.7 Å². The van der Waals surface area contributed by atoms with Gasteiger partial charge in [0, 0.05) is 37.1 Å². The van der Waals surface area contributed by atoms with E-state index >= 15 is 0 Å². The average molecular weight is 468 g/mol. The van der Waals surface area contributed by atoms with Crippen LogP contribution in [0.4, 0.5) is 11.4 Å². The summed E-state index contributed by atoms with van der Waals surface area (Å²) in [6.45, 7) is 11.8. The van der Waals surface area contributed by atoms with E-state index in [-0.39, 0.29) is 5.97 Å². The molecule has 0 spiro atoms. The van der Waals surface area contributed by atoms with Gasteiger partial charge in [-0.3, -0.25) is 0 Å². The first-order valence-electron chi connectivity index (χ1n) is 12.2. The van der Waals surface area contributed by atoms with Crippen LogP contribution in [0.1, 0.15) is 68.4 Å². The summed E-state index contributed by atoms with van der Waals surface area (Å²) in [4.78, 5) is 16.7. The van der Waals surface area contributed by atoms with Crippen LogP contribution in [0, 0.1) is 0 Å². The van der Waals surface area contributed by atoms with Crippen molar-refractivity contribution in [2.24, 2.45) is 0 Å². The standard InChI is InChI=1S/C27H37N3O2S/c1-5-16-29-17-8-9-23-18-21(10-15-25(23)29)19-30(20(4)6-2)27(33)28-24-13-11-22(12-14-24)26(31)32-7-3/h10-15,18,20H,5-9,16-17,19H2,1-4H3,(H,28,33). The van der Waals surface area contributed by atoms with Crippen molar-refractivity contribution in [3.05, 3.63) is 59.2 Å². The Hall–Kier alpha value is -2.60. The van der Waals surface area contributed by atoms with Crippen molar-refractivity contribution in [2.75, 3.05) is 29.9 Å². The highest BCUT2D eigenvalue weighted by atomic mass is 32.1. The van der Waals surface area contributed by atoms with Gasteiger partial charge >= 0.3 is 5.97 Å². The third kappa shape index (κ3) is 6.47. The molecule has 0 aromatic heterocycles. The molecule has 2 aromatic carbocycles. The summed E-state index contributed by atoms with van der Waals surface area (Å²) in [6, 6.07) is 14.5. The van der Waals surface area contributed by atoms with E-state index in [1.54, 1.807) is 19.1 Å². The first kappa shape index (κ1) is 25.0. The van der Waals surface area contributed by atoms with Gasteiger partial charge in [-0.2, -0.15) is 0 Å². The van der Waals surface area contributed by atoms with E-state index in [1.165, 1.54) is 29.7 Å². The van der Waals surface area contributed by atoms with E-state index in [1.807, 2.05) is 12.1 Å². The zero-order valence-corrected chi connectivity index (χ0v) is 21.2. The zero-order valence-electron chi connectivity index (χ0n) is 20.4. The Balaban J connectivity index is 1.72. The molecule has 0 aliphatic carbocycles. The lowest BCUT2D eigenvalue weighted by Crippen LogP contribution is -2.40. The van der Waals surface area contributed by atoms with E-state index in [0.29, 0.717) is 23.3 Å². The fourth-order valence-electron chi connectivity index (χ4n) is 4.27. The number of hydrogen-bond acceptors (Lipinski definition) is 4. The lowest BCUT2D eigenvalue weighted by molar-refractivity contribution is 0.0526. The number of thiocarbonyl (C=S) groups is 1. The topological polar surface area (TPSA) is 44.8 Å². The minimum atomic E-state index is -0.308. The van der Waals surface area contributed by atoms with Crippen LogP contribution in [0.15, 0.2) is 42.5 Å². The van der Waals surface area contributed by atoms with Crippen molar-refractivity contribution < 1.29 is 9.53 Å². The number of hydrogen-bond donors (Lipinski definition) is 1. The lowest BCUT2D eigenvalue weighted by Gasteiger charge is -2.33. The van der Waals surface area contributed by atoms with Crippen LogP contribution in [0.2, 0.25) is 0 Å². The number of benzene rings is 2. The third-order valence-electron chi connectivity index (χ3n) is 6.24. The van der Waals surface area contributed by atoms with E-state index in [4.69, 9.17) is 17.0 Å². The summed E-state index contributed by atoms with van der Waals surface area (Å²) in [7, 11) is 0. The summed E-state index contributed by atoms with van der Waals surface area (Å²) in [5.74, 6) is -0.308. The lowest BCUT2D eigenvalue weighted by atomic mass is 9.98. The molecule has 1 aliphatic heterocycles. The Kier molecular flexibility index (Phi) is 9.12. The summed E-state index contributed by atoms with van der Waals surface area (Å²) in [6.07, 6.45) is 4.53. The van der Waals surface area contributed by atoms with Crippen LogP contribution in [0.25, 0.3) is 0 Å². The Morgan fingerprint density at radius 2 is 1.94 bits per heavy atom. The number of esters is 1. The number of nitrogens with zero attached hydrogens (tertiary/aromatic N) is 2. The highest BCUT2D eigenvalue weighted by molar-refractivity contribution is 7.80. The predicted octanol–water partition coefficient (Wildman–Crippen LogP) is 6.02. The molecule has 5 nitrogen and oxygen atoms in total. The molecule has 3 rings (SSSR count). The maximum Gasteiger partial charge on any atom is 0.338 e. The molecule has 0 amide bonds. The van der Waals surface area contributed by atoms with Gasteiger partial charge in [-0.25, -0.2) is 4.79 Å². The molecule has 6 heteroatoms. The normalized spacial score (nSPS) is 13.8. The van der Waals surface area contributed by atoms with Gasteiger partial charge in [-0.1, -0.05) is 26.0 Å². The molecule has 1 N–H and O–H groups in total. The Morgan fingerprint density at radius 1 is 1.18 bits per heavy atom. The molecular formula is C27H37N3O2S. The van der Waals surface area contributed by atoms with Gasteiger partial charge < -0.3 is 19.9 Å². The molecule has 0 bridgehead atoms. The fourth-order valence-corrected chi connectivity index (χ4v) is 4.64. The summed E-state index contributed by atoms with van der Waals surface area (Å²) in [5, 5.41) is 4.05. The molecular weight excluding hydrogens is 430 g/mol. The van der Waals surface area contributed by atoms with Gasteiger partial charge in [0.1, 0.15) is 0 Å². The smallest absolute Gasteiger partial charge is 0.338 e. The number of fused-ring (bicyclic) bond motifs is 1. The van der Waals surface area contributed by atoms with E-state index in [9.17, 15) is 4.79 Å². The molecule has 1 aliphatic rings. The molecule has 2 aromatic rings. The Labute approximate surface area is 204 Å². The molecule has 1 unspecified atom stereocenters. The van der Waals surface area contributed by atoms with Crippen LogP contribution in [0.3, 0.4) is 0 Å². The summed E-state index contributed by atoms with van der Waals surface area (Å²) < 4.78 is 5.06. The number of anilines is 2. The van der Waals surface area contributed by atoms with Crippen LogP contribution in [-0.4, -0.2) is 41.7 Å². The van der Waals surface area contributed by atoms with Gasteiger partial charge in [0.05, 0.1) is 12.2 Å². The second-order valence-corrected chi connectivity index (χ2v) is 9.05. The quantitative estimate of drug-likeness (QED) is 0.359. The fraction of sp³-hybridized carbons (Fsp3) is 0.481. The van der Waals surface area contributed by atoms with Gasteiger partial charge in [0.15, 0.2) is 5.11 Å². The van der Waals surface area contributed by atoms with Crippen LogP contribution < -0.4 is 10.2 Å². The highest BCUT2D eigenvalue weighted by Gasteiger charge is 2.20. The molecule has 1 atom stereocenters. The first-order chi connectivity index (χ1) is 16.0. The molecule has 0 saturated heterocycles. The Morgan fingerprint density at radius 3 is 2.61 bits per heavy atom. The highest BCUT2D eigenvalue weighted by Crippen LogP contribution is 2.29. The zero-order chi connectivity index (χ0) is 23.8. The van der Waals surface area contributed by atoms with E-state index in [0.717, 1.165) is 38.2 Å². The van der Waals surface area contributed by atoms with Crippen molar-refractivity contribution in [3.8, 4) is 0 Å². The Bertz CT molecular complexity index is 945. The number of nitrogens with one attached hydrogen (secondary N) is 1. The third-order valence-corrected chi connectivity index (χ3v) is 6.57. The monoisotopic (exact) mass is 467 g/mol. The number of rotatable bonds is 9. The summed E-state index contributed by atoms with van der Waals surface area (Å²) in [5.41, 5.74) is 5.53. The molecule has 33 heavy (non-hydrogen) atoms. The minimum Gasteiger partial charge on any atom is -0.462 e. The molecule has 0 fully saturated rings. The maximum absolute atomic E-state index is 11.9. The molecule has 1 heterocycles. The predicted molar refractivity (Wildman–Crippen MR) is 141 cm³/mol. The number of carbonyl (C=O) groups is 1. The molecule has 178 valence electrons. The van der Waals surface area contributed by atoms with Gasteiger partial charge in [-0.05, 0) is 93.2 Å². The molecule has 0 saturated carbocycles. The number of ether oxygens (including phenoxy) is 1. The first-order valence-corrected chi connectivity index (χ1v) is 12.6. The van der Waals surface area contributed by atoms with Gasteiger partial charge in [0.25, 0.3) is 0 Å². The second-order valence-electron chi connectivity index (χ2n) is 8.67. The minimum absolute atomic E-state index is 0.302. The van der Waals surface area contributed by atoms with Crippen LogP contribution in [-0.2, 0) is 17.7 Å². The average Bonchev–Trinajstić information content (AvgIpc) is 2.82. The van der Waals surface area contributed by atoms with Crippen molar-refractivity contribution in [1.29, 1.82) is 0 Å². The van der Waals surface area contributed by atoms with Crippen molar-refractivity contribution in [2.45, 2.75) is 66.0 Å². The van der Waals surface area contributed by atoms with Crippen LogP contribution >= 0.6 is 12.2 Å². The van der Waals surface area contributed by atoms with Gasteiger partial charge in [-0.15, -0.1) is 0 Å². The summed E-state index contributed by atoms with van der Waals surface area (Å²) >= 11 is 5.81. The van der Waals surface area contributed by atoms with E-state index in [2.05, 4.69) is 54.1 Å². The van der Waals surface area contributed by atoms with Crippen LogP contribution in [0.5, 0.6) is 0 Å². The SMILES string of the molecule is CCCN1CCCc2cc(CN(C(=S)Nc3ccc(C(=O)OCC)cc3)C(C)CC)ccc21. The number of aryl methyl sites for hydroxylation is 1. The van der Waals surface area contributed by atoms with Gasteiger partial charge in [0.2, 0.25) is 0 Å². The second kappa shape index (κ2) is 12.0.